The first-order chi connectivity index (χ1) is 9.08. The standard InChI is InChI=1S/C13H14FN3O2/c1-8-5-9(14)3-4-11(8)16-13-15-10(7-19-2)6-12(18)17-13/h3-6H,7H2,1-2H3,(H2,15,16,17,18). The van der Waals surface area contributed by atoms with Crippen LogP contribution in [-0.4, -0.2) is 17.1 Å². The van der Waals surface area contributed by atoms with Gasteiger partial charge < -0.3 is 10.1 Å². The highest BCUT2D eigenvalue weighted by atomic mass is 19.1. The zero-order valence-corrected chi connectivity index (χ0v) is 10.7. The van der Waals surface area contributed by atoms with Crippen LogP contribution in [0.3, 0.4) is 0 Å². The van der Waals surface area contributed by atoms with Crippen LogP contribution in [0.5, 0.6) is 0 Å². The molecule has 19 heavy (non-hydrogen) atoms. The number of halogens is 1. The van der Waals surface area contributed by atoms with E-state index in [1.54, 1.807) is 13.0 Å². The highest BCUT2D eigenvalue weighted by molar-refractivity contribution is 5.57. The summed E-state index contributed by atoms with van der Waals surface area (Å²) >= 11 is 0. The molecule has 1 aromatic heterocycles. The predicted octanol–water partition coefficient (Wildman–Crippen LogP) is 2.11. The summed E-state index contributed by atoms with van der Waals surface area (Å²) in [5.41, 5.74) is 1.65. The molecule has 2 rings (SSSR count). The number of ether oxygens (including phenoxy) is 1. The molecule has 6 heteroatoms. The van der Waals surface area contributed by atoms with E-state index in [1.165, 1.54) is 25.3 Å². The predicted molar refractivity (Wildman–Crippen MR) is 70.0 cm³/mol. The molecule has 0 bridgehead atoms. The lowest BCUT2D eigenvalue weighted by Gasteiger charge is -2.09. The number of hydrogen-bond acceptors (Lipinski definition) is 4. The highest BCUT2D eigenvalue weighted by Gasteiger charge is 2.04. The first kappa shape index (κ1) is 13.2. The first-order valence-electron chi connectivity index (χ1n) is 5.71. The van der Waals surface area contributed by atoms with Gasteiger partial charge in [-0.2, -0.15) is 0 Å². The zero-order valence-electron chi connectivity index (χ0n) is 10.7. The lowest BCUT2D eigenvalue weighted by atomic mass is 10.2. The Bertz CT molecular complexity index is 640. The van der Waals surface area contributed by atoms with Crippen molar-refractivity contribution in [3.63, 3.8) is 0 Å². The maximum atomic E-state index is 13.0. The smallest absolute Gasteiger partial charge is 0.252 e. The van der Waals surface area contributed by atoms with Crippen LogP contribution < -0.4 is 10.9 Å². The van der Waals surface area contributed by atoms with Gasteiger partial charge in [0.2, 0.25) is 5.95 Å². The summed E-state index contributed by atoms with van der Waals surface area (Å²) in [6.07, 6.45) is 0. The number of aromatic amines is 1. The van der Waals surface area contributed by atoms with Crippen molar-refractivity contribution in [3.8, 4) is 0 Å². The molecule has 1 aromatic carbocycles. The highest BCUT2D eigenvalue weighted by Crippen LogP contribution is 2.18. The number of nitrogens with one attached hydrogen (secondary N) is 2. The molecule has 0 fully saturated rings. The monoisotopic (exact) mass is 263 g/mol. The van der Waals surface area contributed by atoms with Gasteiger partial charge in [-0.3, -0.25) is 9.78 Å². The molecular weight excluding hydrogens is 249 g/mol. The maximum absolute atomic E-state index is 13.0. The molecule has 100 valence electrons. The topological polar surface area (TPSA) is 67.0 Å². The summed E-state index contributed by atoms with van der Waals surface area (Å²) < 4.78 is 17.9. The van der Waals surface area contributed by atoms with Crippen molar-refractivity contribution < 1.29 is 9.13 Å². The Kier molecular flexibility index (Phi) is 3.91. The lowest BCUT2D eigenvalue weighted by molar-refractivity contribution is 0.181. The van der Waals surface area contributed by atoms with Crippen LogP contribution in [-0.2, 0) is 11.3 Å². The Morgan fingerprint density at radius 2 is 2.21 bits per heavy atom. The molecule has 0 spiro atoms. The van der Waals surface area contributed by atoms with Crippen LogP contribution in [0.4, 0.5) is 16.0 Å². The van der Waals surface area contributed by atoms with Crippen molar-refractivity contribution in [2.45, 2.75) is 13.5 Å². The molecule has 0 saturated carbocycles. The number of hydrogen-bond donors (Lipinski definition) is 2. The fourth-order valence-corrected chi connectivity index (χ4v) is 1.68. The van der Waals surface area contributed by atoms with Crippen LogP contribution in [0.25, 0.3) is 0 Å². The third-order valence-corrected chi connectivity index (χ3v) is 2.53. The van der Waals surface area contributed by atoms with Crippen molar-refractivity contribution in [1.29, 1.82) is 0 Å². The van der Waals surface area contributed by atoms with Crippen molar-refractivity contribution in [3.05, 3.63) is 51.7 Å². The van der Waals surface area contributed by atoms with Crippen LogP contribution in [0.15, 0.2) is 29.1 Å². The van der Waals surface area contributed by atoms with E-state index in [0.717, 1.165) is 5.56 Å². The molecule has 0 aliphatic carbocycles. The fourth-order valence-electron chi connectivity index (χ4n) is 1.68. The second-order valence-corrected chi connectivity index (χ2v) is 4.10. The number of aromatic nitrogens is 2. The molecule has 1 heterocycles. The molecule has 0 atom stereocenters. The summed E-state index contributed by atoms with van der Waals surface area (Å²) in [5, 5.41) is 2.95. The Labute approximate surface area is 109 Å². The van der Waals surface area contributed by atoms with Crippen molar-refractivity contribution >= 4 is 11.6 Å². The van der Waals surface area contributed by atoms with Gasteiger partial charge in [0.05, 0.1) is 12.3 Å². The average Bonchev–Trinajstić information content (AvgIpc) is 2.32. The van der Waals surface area contributed by atoms with E-state index in [1.807, 2.05) is 0 Å². The van der Waals surface area contributed by atoms with Gasteiger partial charge in [-0.1, -0.05) is 0 Å². The van der Waals surface area contributed by atoms with Gasteiger partial charge in [-0.05, 0) is 30.7 Å². The minimum absolute atomic E-state index is 0.251. The van der Waals surface area contributed by atoms with Gasteiger partial charge >= 0.3 is 0 Å². The zero-order chi connectivity index (χ0) is 13.8. The van der Waals surface area contributed by atoms with E-state index in [-0.39, 0.29) is 18.0 Å². The molecule has 0 radical (unpaired) electrons. The Hall–Kier alpha value is -2.21. The molecule has 2 aromatic rings. The van der Waals surface area contributed by atoms with Gasteiger partial charge in [-0.15, -0.1) is 0 Å². The third-order valence-electron chi connectivity index (χ3n) is 2.53. The minimum Gasteiger partial charge on any atom is -0.378 e. The number of H-pyrrole nitrogens is 1. The molecular formula is C13H14FN3O2. The van der Waals surface area contributed by atoms with Crippen LogP contribution >= 0.6 is 0 Å². The molecule has 2 N–H and O–H groups in total. The molecule has 5 nitrogen and oxygen atoms in total. The van der Waals surface area contributed by atoms with Gasteiger partial charge in [0.25, 0.3) is 5.56 Å². The third kappa shape index (κ3) is 3.38. The second-order valence-electron chi connectivity index (χ2n) is 4.10. The number of anilines is 2. The molecule has 0 amide bonds. The number of benzene rings is 1. The van der Waals surface area contributed by atoms with Crippen LogP contribution in [0.2, 0.25) is 0 Å². The van der Waals surface area contributed by atoms with E-state index in [2.05, 4.69) is 15.3 Å². The van der Waals surface area contributed by atoms with Gasteiger partial charge in [0.15, 0.2) is 0 Å². The Morgan fingerprint density at radius 3 is 2.89 bits per heavy atom. The SMILES string of the molecule is COCc1cc(=O)[nH]c(Nc2ccc(F)cc2C)n1. The lowest BCUT2D eigenvalue weighted by Crippen LogP contribution is -2.12. The summed E-state index contributed by atoms with van der Waals surface area (Å²) in [7, 11) is 1.53. The molecule has 0 aliphatic heterocycles. The van der Waals surface area contributed by atoms with E-state index in [4.69, 9.17) is 4.74 Å². The van der Waals surface area contributed by atoms with Crippen LogP contribution in [0, 0.1) is 12.7 Å². The number of aryl methyl sites for hydroxylation is 1. The largest absolute Gasteiger partial charge is 0.378 e. The average molecular weight is 263 g/mol. The van der Waals surface area contributed by atoms with E-state index in [0.29, 0.717) is 17.3 Å². The summed E-state index contributed by atoms with van der Waals surface area (Å²) in [4.78, 5) is 18.2. The Morgan fingerprint density at radius 1 is 1.42 bits per heavy atom. The second kappa shape index (κ2) is 5.62. The van der Waals surface area contributed by atoms with E-state index in [9.17, 15) is 9.18 Å². The first-order valence-corrected chi connectivity index (χ1v) is 5.71. The molecule has 0 saturated heterocycles. The van der Waals surface area contributed by atoms with E-state index < -0.39 is 0 Å². The van der Waals surface area contributed by atoms with Crippen molar-refractivity contribution in [2.24, 2.45) is 0 Å². The van der Waals surface area contributed by atoms with Crippen molar-refractivity contribution in [1.82, 2.24) is 9.97 Å². The number of rotatable bonds is 4. The van der Waals surface area contributed by atoms with E-state index >= 15 is 0 Å². The van der Waals surface area contributed by atoms with Gasteiger partial charge in [0, 0.05) is 18.9 Å². The summed E-state index contributed by atoms with van der Waals surface area (Å²) in [5.74, 6) is -0.00751. The summed E-state index contributed by atoms with van der Waals surface area (Å²) in [6, 6.07) is 5.70. The minimum atomic E-state index is -0.308. The van der Waals surface area contributed by atoms with Gasteiger partial charge in [0.1, 0.15) is 5.82 Å². The maximum Gasteiger partial charge on any atom is 0.252 e. The normalized spacial score (nSPS) is 10.5. The molecule has 0 aliphatic rings. The fraction of sp³-hybridized carbons (Fsp3) is 0.231. The van der Waals surface area contributed by atoms with Crippen molar-refractivity contribution in [2.75, 3.05) is 12.4 Å². The van der Waals surface area contributed by atoms with Crippen LogP contribution in [0.1, 0.15) is 11.3 Å². The Balaban J connectivity index is 2.30. The quantitative estimate of drug-likeness (QED) is 0.886. The number of methoxy groups -OCH3 is 1. The van der Waals surface area contributed by atoms with Gasteiger partial charge in [-0.25, -0.2) is 9.37 Å². The summed E-state index contributed by atoms with van der Waals surface area (Å²) in [6.45, 7) is 2.02. The number of nitrogens with zero attached hydrogens (tertiary/aromatic N) is 1. The molecule has 0 unspecified atom stereocenters.